The Balaban J connectivity index is 1.92. The zero-order valence-electron chi connectivity index (χ0n) is 11.4. The fourth-order valence-corrected chi connectivity index (χ4v) is 2.19. The number of rotatable bonds is 2. The van der Waals surface area contributed by atoms with Gasteiger partial charge in [-0.2, -0.15) is 0 Å². The summed E-state index contributed by atoms with van der Waals surface area (Å²) in [5.74, 6) is -0.239. The van der Waals surface area contributed by atoms with Crippen LogP contribution in [-0.2, 0) is 0 Å². The number of nitrogens with two attached hydrogens (primary N) is 1. The van der Waals surface area contributed by atoms with E-state index in [4.69, 9.17) is 5.73 Å². The molecule has 21 heavy (non-hydrogen) atoms. The number of carbonyl (C=O) groups is 1. The molecule has 0 aliphatic rings. The van der Waals surface area contributed by atoms with Crippen LogP contribution in [0.4, 0.5) is 11.4 Å². The van der Waals surface area contributed by atoms with E-state index in [1.54, 1.807) is 36.4 Å². The number of fused-ring (bicyclic) bond motifs is 1. The molecule has 0 unspecified atom stereocenters. The Labute approximate surface area is 120 Å². The number of aromatic amines is 2. The van der Waals surface area contributed by atoms with Crippen molar-refractivity contribution in [2.24, 2.45) is 0 Å². The number of aryl methyl sites for hydroxylation is 1. The van der Waals surface area contributed by atoms with Crippen LogP contribution in [0, 0.1) is 6.92 Å². The summed E-state index contributed by atoms with van der Waals surface area (Å²) in [6.45, 7) is 1.85. The van der Waals surface area contributed by atoms with Gasteiger partial charge in [-0.3, -0.25) is 4.79 Å². The van der Waals surface area contributed by atoms with Gasteiger partial charge >= 0.3 is 5.69 Å². The first kappa shape index (κ1) is 13.0. The van der Waals surface area contributed by atoms with E-state index >= 15 is 0 Å². The van der Waals surface area contributed by atoms with Crippen molar-refractivity contribution in [1.29, 1.82) is 0 Å². The van der Waals surface area contributed by atoms with Crippen molar-refractivity contribution in [2.45, 2.75) is 6.92 Å². The minimum absolute atomic E-state index is 0.239. The van der Waals surface area contributed by atoms with Crippen molar-refractivity contribution in [3.05, 3.63) is 58.0 Å². The fraction of sp³-hybridized carbons (Fsp3) is 0.0667. The third kappa shape index (κ3) is 2.51. The molecule has 3 rings (SSSR count). The maximum Gasteiger partial charge on any atom is 0.323 e. The summed E-state index contributed by atoms with van der Waals surface area (Å²) in [5, 5.41) is 2.80. The number of nitrogen functional groups attached to an aromatic ring is 1. The predicted octanol–water partition coefficient (Wildman–Crippen LogP) is 2.00. The first-order valence-electron chi connectivity index (χ1n) is 6.42. The van der Waals surface area contributed by atoms with Gasteiger partial charge in [-0.15, -0.1) is 0 Å². The van der Waals surface area contributed by atoms with E-state index in [1.807, 2.05) is 6.92 Å². The van der Waals surface area contributed by atoms with Crippen molar-refractivity contribution < 1.29 is 4.79 Å². The van der Waals surface area contributed by atoms with Crippen molar-refractivity contribution in [2.75, 3.05) is 11.1 Å². The van der Waals surface area contributed by atoms with Crippen molar-refractivity contribution in [1.82, 2.24) is 9.97 Å². The van der Waals surface area contributed by atoms with Gasteiger partial charge in [0.2, 0.25) is 0 Å². The summed E-state index contributed by atoms with van der Waals surface area (Å²) >= 11 is 0. The van der Waals surface area contributed by atoms with Crippen LogP contribution in [0.3, 0.4) is 0 Å². The number of carbonyl (C=O) groups excluding carboxylic acids is 1. The second-order valence-electron chi connectivity index (χ2n) is 4.87. The normalized spacial score (nSPS) is 10.7. The molecule has 5 N–H and O–H groups in total. The molecule has 0 bridgehead atoms. The number of hydrogen-bond acceptors (Lipinski definition) is 3. The van der Waals surface area contributed by atoms with Crippen molar-refractivity contribution in [3.63, 3.8) is 0 Å². The van der Waals surface area contributed by atoms with Gasteiger partial charge in [-0.1, -0.05) is 6.07 Å². The molecule has 0 aliphatic carbocycles. The second-order valence-corrected chi connectivity index (χ2v) is 4.87. The Bertz CT molecular complexity index is 892. The van der Waals surface area contributed by atoms with E-state index < -0.39 is 0 Å². The zero-order valence-corrected chi connectivity index (χ0v) is 11.4. The lowest BCUT2D eigenvalue weighted by atomic mass is 10.1. The quantitative estimate of drug-likeness (QED) is 0.540. The minimum Gasteiger partial charge on any atom is -0.399 e. The Morgan fingerprint density at radius 2 is 1.86 bits per heavy atom. The lowest BCUT2D eigenvalue weighted by Crippen LogP contribution is -2.13. The number of nitrogens with one attached hydrogen (secondary N) is 3. The Kier molecular flexibility index (Phi) is 2.98. The second kappa shape index (κ2) is 4.82. The van der Waals surface area contributed by atoms with Gasteiger partial charge in [0.25, 0.3) is 5.91 Å². The number of benzene rings is 2. The van der Waals surface area contributed by atoms with E-state index in [2.05, 4.69) is 15.3 Å². The minimum atomic E-state index is -0.278. The van der Waals surface area contributed by atoms with E-state index in [0.717, 1.165) is 5.56 Å². The van der Waals surface area contributed by atoms with Crippen molar-refractivity contribution in [3.8, 4) is 0 Å². The van der Waals surface area contributed by atoms with Crippen LogP contribution in [0.5, 0.6) is 0 Å². The van der Waals surface area contributed by atoms with Crippen LogP contribution in [0.25, 0.3) is 11.0 Å². The van der Waals surface area contributed by atoms with Crippen LogP contribution in [0.2, 0.25) is 0 Å². The summed E-state index contributed by atoms with van der Waals surface area (Å²) in [4.78, 5) is 28.8. The highest BCUT2D eigenvalue weighted by atomic mass is 16.2. The Hall–Kier alpha value is -3.02. The molecule has 0 radical (unpaired) electrons. The van der Waals surface area contributed by atoms with Crippen LogP contribution in [0.15, 0.2) is 41.2 Å². The van der Waals surface area contributed by atoms with Gasteiger partial charge < -0.3 is 21.0 Å². The first-order chi connectivity index (χ1) is 10.0. The zero-order chi connectivity index (χ0) is 15.0. The Morgan fingerprint density at radius 1 is 1.10 bits per heavy atom. The predicted molar refractivity (Wildman–Crippen MR) is 82.5 cm³/mol. The van der Waals surface area contributed by atoms with Crippen LogP contribution in [-0.4, -0.2) is 15.9 Å². The van der Waals surface area contributed by atoms with Crippen LogP contribution < -0.4 is 16.7 Å². The van der Waals surface area contributed by atoms with Gasteiger partial charge in [-0.25, -0.2) is 4.79 Å². The summed E-state index contributed by atoms with van der Waals surface area (Å²) in [6.07, 6.45) is 0. The molecule has 3 aromatic rings. The molecule has 1 aromatic heterocycles. The molecule has 6 nitrogen and oxygen atoms in total. The highest BCUT2D eigenvalue weighted by molar-refractivity contribution is 6.06. The van der Waals surface area contributed by atoms with E-state index in [9.17, 15) is 9.59 Å². The Morgan fingerprint density at radius 3 is 2.67 bits per heavy atom. The molecule has 1 amide bonds. The largest absolute Gasteiger partial charge is 0.399 e. The third-order valence-electron chi connectivity index (χ3n) is 3.28. The lowest BCUT2D eigenvalue weighted by molar-refractivity contribution is 0.102. The fourth-order valence-electron chi connectivity index (χ4n) is 2.19. The molecule has 0 atom stereocenters. The molecule has 0 fully saturated rings. The van der Waals surface area contributed by atoms with Gasteiger partial charge in [0.1, 0.15) is 0 Å². The molecule has 1 heterocycles. The molecule has 0 spiro atoms. The molecular formula is C15H14N4O2. The summed E-state index contributed by atoms with van der Waals surface area (Å²) in [5.41, 5.74) is 9.28. The smallest absolute Gasteiger partial charge is 0.323 e. The monoisotopic (exact) mass is 282 g/mol. The number of imidazole rings is 1. The average molecular weight is 282 g/mol. The van der Waals surface area contributed by atoms with Crippen LogP contribution in [0.1, 0.15) is 15.9 Å². The third-order valence-corrected chi connectivity index (χ3v) is 3.28. The topological polar surface area (TPSA) is 104 Å². The summed E-state index contributed by atoms with van der Waals surface area (Å²) < 4.78 is 0. The highest BCUT2D eigenvalue weighted by Crippen LogP contribution is 2.18. The SMILES string of the molecule is Cc1ccc(N)cc1C(=O)Nc1ccc2[nH]c(=O)[nH]c2c1. The number of amides is 1. The van der Waals surface area contributed by atoms with Gasteiger partial charge in [0.05, 0.1) is 11.0 Å². The maximum absolute atomic E-state index is 12.3. The molecule has 6 heteroatoms. The number of aromatic nitrogens is 2. The average Bonchev–Trinajstić information content (AvgIpc) is 2.80. The molecule has 106 valence electrons. The number of hydrogen-bond donors (Lipinski definition) is 4. The maximum atomic E-state index is 12.3. The van der Waals surface area contributed by atoms with Gasteiger partial charge in [-0.05, 0) is 42.8 Å². The molecular weight excluding hydrogens is 268 g/mol. The van der Waals surface area contributed by atoms with E-state index in [0.29, 0.717) is 28.0 Å². The lowest BCUT2D eigenvalue weighted by Gasteiger charge is -2.08. The van der Waals surface area contributed by atoms with Gasteiger partial charge in [0, 0.05) is 16.9 Å². The first-order valence-corrected chi connectivity index (χ1v) is 6.42. The number of H-pyrrole nitrogens is 2. The molecule has 2 aromatic carbocycles. The van der Waals surface area contributed by atoms with Gasteiger partial charge in [0.15, 0.2) is 0 Å². The standard InChI is InChI=1S/C15H14N4O2/c1-8-2-3-9(16)6-11(8)14(20)17-10-4-5-12-13(7-10)19-15(21)18-12/h2-7H,16H2,1H3,(H,17,20)(H2,18,19,21). The molecule has 0 saturated carbocycles. The summed E-state index contributed by atoms with van der Waals surface area (Å²) in [6, 6.07) is 10.4. The van der Waals surface area contributed by atoms with E-state index in [1.165, 1.54) is 0 Å². The molecule has 0 aliphatic heterocycles. The molecule has 0 saturated heterocycles. The highest BCUT2D eigenvalue weighted by Gasteiger charge is 2.10. The number of anilines is 2. The van der Waals surface area contributed by atoms with E-state index in [-0.39, 0.29) is 11.6 Å². The summed E-state index contributed by atoms with van der Waals surface area (Å²) in [7, 11) is 0. The van der Waals surface area contributed by atoms with Crippen molar-refractivity contribution >= 4 is 28.3 Å². The van der Waals surface area contributed by atoms with Crippen LogP contribution >= 0.6 is 0 Å².